The van der Waals surface area contributed by atoms with E-state index in [-0.39, 0.29) is 11.7 Å². The SMILES string of the molecule is O=C(Nc1cccc(/C=C\c2ccccn2)c1)c1ccco1. The number of benzene rings is 1. The van der Waals surface area contributed by atoms with Gasteiger partial charge in [-0.15, -0.1) is 0 Å². The summed E-state index contributed by atoms with van der Waals surface area (Å²) in [5, 5.41) is 2.80. The highest BCUT2D eigenvalue weighted by Gasteiger charge is 2.08. The van der Waals surface area contributed by atoms with E-state index in [0.29, 0.717) is 5.69 Å². The lowest BCUT2D eigenvalue weighted by molar-refractivity contribution is 0.0996. The number of aromatic nitrogens is 1. The Labute approximate surface area is 128 Å². The Kier molecular flexibility index (Phi) is 4.11. The largest absolute Gasteiger partial charge is 0.459 e. The first kappa shape index (κ1) is 13.8. The van der Waals surface area contributed by atoms with Crippen LogP contribution in [-0.4, -0.2) is 10.9 Å². The fourth-order valence-corrected chi connectivity index (χ4v) is 1.98. The van der Waals surface area contributed by atoms with Crippen LogP contribution in [0, 0.1) is 0 Å². The topological polar surface area (TPSA) is 55.1 Å². The van der Waals surface area contributed by atoms with Crippen LogP contribution in [0.3, 0.4) is 0 Å². The third kappa shape index (κ3) is 3.49. The molecule has 1 N–H and O–H groups in total. The van der Waals surface area contributed by atoms with Crippen LogP contribution in [0.15, 0.2) is 71.5 Å². The maximum absolute atomic E-state index is 11.9. The van der Waals surface area contributed by atoms with Gasteiger partial charge in [-0.3, -0.25) is 9.78 Å². The quantitative estimate of drug-likeness (QED) is 0.787. The highest BCUT2D eigenvalue weighted by molar-refractivity contribution is 6.02. The fourth-order valence-electron chi connectivity index (χ4n) is 1.98. The Balaban J connectivity index is 1.73. The Morgan fingerprint density at radius 1 is 1.05 bits per heavy atom. The zero-order valence-electron chi connectivity index (χ0n) is 11.8. The van der Waals surface area contributed by atoms with Gasteiger partial charge < -0.3 is 9.73 Å². The normalized spacial score (nSPS) is 10.7. The van der Waals surface area contributed by atoms with Crippen molar-refractivity contribution in [3.8, 4) is 0 Å². The number of nitrogens with one attached hydrogen (secondary N) is 1. The Bertz CT molecular complexity index is 778. The van der Waals surface area contributed by atoms with Gasteiger partial charge in [-0.25, -0.2) is 0 Å². The van der Waals surface area contributed by atoms with Crippen LogP contribution in [0.5, 0.6) is 0 Å². The number of carbonyl (C=O) groups excluding carboxylic acids is 1. The van der Waals surface area contributed by atoms with Gasteiger partial charge in [0.05, 0.1) is 12.0 Å². The van der Waals surface area contributed by atoms with Crippen molar-refractivity contribution in [3.05, 3.63) is 84.1 Å². The summed E-state index contributed by atoms with van der Waals surface area (Å²) in [4.78, 5) is 16.2. The van der Waals surface area contributed by atoms with Crippen LogP contribution in [0.4, 0.5) is 5.69 Å². The molecule has 22 heavy (non-hydrogen) atoms. The monoisotopic (exact) mass is 290 g/mol. The molecular formula is C18H14N2O2. The molecule has 0 unspecified atom stereocenters. The van der Waals surface area contributed by atoms with E-state index in [2.05, 4.69) is 10.3 Å². The first-order chi connectivity index (χ1) is 10.8. The molecule has 0 aliphatic heterocycles. The number of carbonyl (C=O) groups is 1. The molecule has 4 nitrogen and oxygen atoms in total. The van der Waals surface area contributed by atoms with Gasteiger partial charge in [-0.05, 0) is 48.0 Å². The summed E-state index contributed by atoms with van der Waals surface area (Å²) in [5.74, 6) is 0.0188. The summed E-state index contributed by atoms with van der Waals surface area (Å²) in [6.07, 6.45) is 7.10. The molecule has 0 atom stereocenters. The first-order valence-corrected chi connectivity index (χ1v) is 6.85. The summed E-state index contributed by atoms with van der Waals surface area (Å²) < 4.78 is 5.07. The molecule has 2 heterocycles. The van der Waals surface area contributed by atoms with Gasteiger partial charge in [0.2, 0.25) is 0 Å². The second kappa shape index (κ2) is 6.54. The van der Waals surface area contributed by atoms with E-state index in [0.717, 1.165) is 11.3 Å². The van der Waals surface area contributed by atoms with Crippen molar-refractivity contribution in [1.82, 2.24) is 4.98 Å². The molecule has 0 bridgehead atoms. The molecule has 0 fully saturated rings. The van der Waals surface area contributed by atoms with Crippen molar-refractivity contribution in [2.45, 2.75) is 0 Å². The maximum atomic E-state index is 11.9. The van der Waals surface area contributed by atoms with Crippen molar-refractivity contribution in [2.75, 3.05) is 5.32 Å². The lowest BCUT2D eigenvalue weighted by Gasteiger charge is -2.04. The van der Waals surface area contributed by atoms with Gasteiger partial charge in [0, 0.05) is 11.9 Å². The van der Waals surface area contributed by atoms with Gasteiger partial charge in [-0.1, -0.05) is 24.3 Å². The van der Waals surface area contributed by atoms with Gasteiger partial charge in [-0.2, -0.15) is 0 Å². The van der Waals surface area contributed by atoms with Crippen LogP contribution < -0.4 is 5.32 Å². The summed E-state index contributed by atoms with van der Waals surface area (Å²) in [5.41, 5.74) is 2.57. The zero-order chi connectivity index (χ0) is 15.2. The highest BCUT2D eigenvalue weighted by atomic mass is 16.3. The predicted octanol–water partition coefficient (Wildman–Crippen LogP) is 4.10. The van der Waals surface area contributed by atoms with Gasteiger partial charge >= 0.3 is 0 Å². The second-order valence-electron chi connectivity index (χ2n) is 4.64. The fraction of sp³-hybridized carbons (Fsp3) is 0. The van der Waals surface area contributed by atoms with Crippen LogP contribution in [0.25, 0.3) is 12.2 Å². The van der Waals surface area contributed by atoms with E-state index >= 15 is 0 Å². The average molecular weight is 290 g/mol. The number of nitrogens with zero attached hydrogens (tertiary/aromatic N) is 1. The van der Waals surface area contributed by atoms with Gasteiger partial charge in [0.25, 0.3) is 5.91 Å². The Morgan fingerprint density at radius 3 is 2.77 bits per heavy atom. The molecule has 0 aliphatic carbocycles. The lowest BCUT2D eigenvalue weighted by Crippen LogP contribution is -2.10. The summed E-state index contributed by atoms with van der Waals surface area (Å²) >= 11 is 0. The van der Waals surface area contributed by atoms with Crippen molar-refractivity contribution in [3.63, 3.8) is 0 Å². The predicted molar refractivity (Wildman–Crippen MR) is 86.3 cm³/mol. The van der Waals surface area contributed by atoms with Crippen LogP contribution in [0.1, 0.15) is 21.8 Å². The van der Waals surface area contributed by atoms with E-state index in [9.17, 15) is 4.79 Å². The molecular weight excluding hydrogens is 276 g/mol. The standard InChI is InChI=1S/C18H14N2O2/c21-18(17-8-4-12-22-17)20-16-7-3-5-14(13-16)9-10-15-6-1-2-11-19-15/h1-13H,(H,20,21)/b10-9-. The van der Waals surface area contributed by atoms with E-state index in [4.69, 9.17) is 4.42 Å². The van der Waals surface area contributed by atoms with Crippen LogP contribution in [0.2, 0.25) is 0 Å². The molecule has 2 aromatic heterocycles. The van der Waals surface area contributed by atoms with Crippen LogP contribution >= 0.6 is 0 Å². The van der Waals surface area contributed by atoms with Crippen molar-refractivity contribution in [1.29, 1.82) is 0 Å². The number of rotatable bonds is 4. The van der Waals surface area contributed by atoms with Gasteiger partial charge in [0.1, 0.15) is 0 Å². The molecule has 0 saturated heterocycles. The molecule has 3 aromatic rings. The van der Waals surface area contributed by atoms with E-state index < -0.39 is 0 Å². The smallest absolute Gasteiger partial charge is 0.291 e. The molecule has 0 radical (unpaired) electrons. The molecule has 108 valence electrons. The summed E-state index contributed by atoms with van der Waals surface area (Å²) in [6, 6.07) is 16.6. The van der Waals surface area contributed by atoms with Crippen LogP contribution in [-0.2, 0) is 0 Å². The molecule has 0 aliphatic rings. The maximum Gasteiger partial charge on any atom is 0.291 e. The number of furan rings is 1. The van der Waals surface area contributed by atoms with Crippen molar-refractivity contribution in [2.24, 2.45) is 0 Å². The first-order valence-electron chi connectivity index (χ1n) is 6.85. The Hall–Kier alpha value is -3.14. The minimum absolute atomic E-state index is 0.268. The average Bonchev–Trinajstić information content (AvgIpc) is 3.09. The molecule has 3 rings (SSSR count). The minimum atomic E-state index is -0.268. The van der Waals surface area contributed by atoms with Crippen molar-refractivity contribution >= 4 is 23.7 Å². The molecule has 0 saturated carbocycles. The number of hydrogen-bond acceptors (Lipinski definition) is 3. The van der Waals surface area contributed by atoms with E-state index in [1.165, 1.54) is 6.26 Å². The summed E-state index contributed by atoms with van der Waals surface area (Å²) in [7, 11) is 0. The van der Waals surface area contributed by atoms with E-state index in [1.54, 1.807) is 18.3 Å². The number of anilines is 1. The Morgan fingerprint density at radius 2 is 2.00 bits per heavy atom. The number of pyridine rings is 1. The number of hydrogen-bond donors (Lipinski definition) is 1. The highest BCUT2D eigenvalue weighted by Crippen LogP contribution is 2.14. The molecule has 4 heteroatoms. The van der Waals surface area contributed by atoms with Crippen molar-refractivity contribution < 1.29 is 9.21 Å². The molecule has 1 aromatic carbocycles. The molecule has 0 spiro atoms. The zero-order valence-corrected chi connectivity index (χ0v) is 11.8. The van der Waals surface area contributed by atoms with Gasteiger partial charge in [0.15, 0.2) is 5.76 Å². The molecule has 1 amide bonds. The minimum Gasteiger partial charge on any atom is -0.459 e. The second-order valence-corrected chi connectivity index (χ2v) is 4.64. The number of amides is 1. The summed E-state index contributed by atoms with van der Waals surface area (Å²) in [6.45, 7) is 0. The third-order valence-corrected chi connectivity index (χ3v) is 3.02. The third-order valence-electron chi connectivity index (χ3n) is 3.02. The van der Waals surface area contributed by atoms with E-state index in [1.807, 2.05) is 54.6 Å². The lowest BCUT2D eigenvalue weighted by atomic mass is 10.1.